The van der Waals surface area contributed by atoms with Crippen LogP contribution in [0.5, 0.6) is 0 Å². The van der Waals surface area contributed by atoms with E-state index in [9.17, 15) is 22.8 Å². The van der Waals surface area contributed by atoms with Gasteiger partial charge in [0, 0.05) is 32.7 Å². The van der Waals surface area contributed by atoms with Crippen molar-refractivity contribution in [3.8, 4) is 0 Å². The van der Waals surface area contributed by atoms with Crippen molar-refractivity contribution in [2.24, 2.45) is 0 Å². The number of hydrogen-bond donors (Lipinski definition) is 0. The van der Waals surface area contributed by atoms with Crippen LogP contribution in [0.3, 0.4) is 0 Å². The molecule has 34 heavy (non-hydrogen) atoms. The SMILES string of the molecule is Cc1ccc(S(=O)(=O)N2CCCN(CN3C(=O)C(=O)N(CCC4=CCCCC4)C3=O)CC2)cc1. The molecule has 9 nitrogen and oxygen atoms in total. The van der Waals surface area contributed by atoms with Gasteiger partial charge in [-0.05, 0) is 57.6 Å². The van der Waals surface area contributed by atoms with Crippen molar-refractivity contribution in [2.45, 2.75) is 50.3 Å². The lowest BCUT2D eigenvalue weighted by Gasteiger charge is -2.25. The maximum Gasteiger partial charge on any atom is 0.335 e. The van der Waals surface area contributed by atoms with Crippen molar-refractivity contribution in [1.82, 2.24) is 19.0 Å². The van der Waals surface area contributed by atoms with Gasteiger partial charge >= 0.3 is 17.8 Å². The largest absolute Gasteiger partial charge is 0.335 e. The summed E-state index contributed by atoms with van der Waals surface area (Å²) in [6, 6.07) is 6.18. The van der Waals surface area contributed by atoms with Gasteiger partial charge in [0.05, 0.1) is 11.6 Å². The Morgan fingerprint density at radius 2 is 1.59 bits per heavy atom. The standard InChI is InChI=1S/C24H32N4O5S/c1-19-8-10-21(11-9-19)34(32,33)26-14-5-13-25(16-17-26)18-28-23(30)22(29)27(24(28)31)15-12-20-6-3-2-4-7-20/h6,8-11H,2-5,7,12-18H2,1H3. The third-order valence-corrected chi connectivity index (χ3v) is 8.64. The monoisotopic (exact) mass is 488 g/mol. The van der Waals surface area contributed by atoms with E-state index in [0.29, 0.717) is 32.5 Å². The summed E-state index contributed by atoms with van der Waals surface area (Å²) in [7, 11) is -3.62. The summed E-state index contributed by atoms with van der Waals surface area (Å²) in [6.07, 6.45) is 7.61. The topological polar surface area (TPSA) is 98.3 Å². The zero-order chi connectivity index (χ0) is 24.3. The van der Waals surface area contributed by atoms with Crippen molar-refractivity contribution in [3.05, 3.63) is 41.5 Å². The first-order valence-electron chi connectivity index (χ1n) is 11.9. The second-order valence-electron chi connectivity index (χ2n) is 9.16. The van der Waals surface area contributed by atoms with Gasteiger partial charge in [0.15, 0.2) is 0 Å². The van der Waals surface area contributed by atoms with E-state index in [1.54, 1.807) is 24.3 Å². The van der Waals surface area contributed by atoms with Crippen molar-refractivity contribution < 1.29 is 22.8 Å². The third kappa shape index (κ3) is 5.24. The minimum Gasteiger partial charge on any atom is -0.284 e. The predicted molar refractivity (Wildman–Crippen MR) is 126 cm³/mol. The zero-order valence-corrected chi connectivity index (χ0v) is 20.4. The van der Waals surface area contributed by atoms with Gasteiger partial charge in [0.25, 0.3) is 0 Å². The van der Waals surface area contributed by atoms with E-state index in [1.807, 2.05) is 11.8 Å². The third-order valence-electron chi connectivity index (χ3n) is 6.72. The molecule has 0 atom stereocenters. The number of aryl methyl sites for hydroxylation is 1. The Bertz CT molecular complexity index is 1080. The second-order valence-corrected chi connectivity index (χ2v) is 11.1. The van der Waals surface area contributed by atoms with Crippen LogP contribution in [0, 0.1) is 6.92 Å². The molecule has 2 fully saturated rings. The van der Waals surface area contributed by atoms with Crippen LogP contribution in [0.25, 0.3) is 0 Å². The van der Waals surface area contributed by atoms with E-state index in [2.05, 4.69) is 6.08 Å². The molecule has 1 aromatic carbocycles. The van der Waals surface area contributed by atoms with E-state index >= 15 is 0 Å². The fraction of sp³-hybridized carbons (Fsp3) is 0.542. The number of allylic oxidation sites excluding steroid dienone is 1. The van der Waals surface area contributed by atoms with E-state index in [0.717, 1.165) is 41.0 Å². The summed E-state index contributed by atoms with van der Waals surface area (Å²) in [6.45, 7) is 3.60. The van der Waals surface area contributed by atoms with Crippen LogP contribution in [-0.2, 0) is 19.6 Å². The van der Waals surface area contributed by atoms with Gasteiger partial charge in [0.1, 0.15) is 0 Å². The van der Waals surface area contributed by atoms with Crippen LogP contribution < -0.4 is 0 Å². The van der Waals surface area contributed by atoms with E-state index in [1.165, 1.54) is 9.88 Å². The summed E-state index contributed by atoms with van der Waals surface area (Å²) in [5.74, 6) is -1.59. The maximum atomic E-state index is 13.0. The summed E-state index contributed by atoms with van der Waals surface area (Å²) < 4.78 is 27.5. The molecule has 0 spiro atoms. The zero-order valence-electron chi connectivity index (χ0n) is 19.6. The lowest BCUT2D eigenvalue weighted by Crippen LogP contribution is -2.44. The van der Waals surface area contributed by atoms with Crippen molar-refractivity contribution >= 4 is 27.9 Å². The Labute approximate surface area is 201 Å². The molecular formula is C24H32N4O5S. The van der Waals surface area contributed by atoms with E-state index in [-0.39, 0.29) is 24.7 Å². The molecule has 2 saturated heterocycles. The van der Waals surface area contributed by atoms with Crippen LogP contribution in [0.1, 0.15) is 44.1 Å². The van der Waals surface area contributed by atoms with Gasteiger partial charge < -0.3 is 0 Å². The first-order chi connectivity index (χ1) is 16.3. The van der Waals surface area contributed by atoms with Gasteiger partial charge in [0.2, 0.25) is 10.0 Å². The van der Waals surface area contributed by atoms with Crippen LogP contribution in [0.2, 0.25) is 0 Å². The molecule has 0 saturated carbocycles. The molecular weight excluding hydrogens is 456 g/mol. The smallest absolute Gasteiger partial charge is 0.284 e. The van der Waals surface area contributed by atoms with Crippen LogP contribution in [0.4, 0.5) is 4.79 Å². The number of amides is 4. The quantitative estimate of drug-likeness (QED) is 0.332. The minimum absolute atomic E-state index is 0.0129. The average Bonchev–Trinajstić information content (AvgIpc) is 3.00. The molecule has 1 aromatic rings. The maximum absolute atomic E-state index is 13.0. The lowest BCUT2D eigenvalue weighted by molar-refractivity contribution is -0.143. The molecule has 0 aromatic heterocycles. The highest BCUT2D eigenvalue weighted by Gasteiger charge is 2.45. The van der Waals surface area contributed by atoms with Gasteiger partial charge in [-0.1, -0.05) is 29.3 Å². The summed E-state index contributed by atoms with van der Waals surface area (Å²) in [4.78, 5) is 42.0. The summed E-state index contributed by atoms with van der Waals surface area (Å²) >= 11 is 0. The fourth-order valence-corrected chi connectivity index (χ4v) is 6.12. The van der Waals surface area contributed by atoms with Gasteiger partial charge in [-0.2, -0.15) is 4.31 Å². The number of carbonyl (C=O) groups is 3. The highest BCUT2D eigenvalue weighted by atomic mass is 32.2. The molecule has 1 aliphatic carbocycles. The summed E-state index contributed by atoms with van der Waals surface area (Å²) in [5, 5.41) is 0. The number of imide groups is 2. The highest BCUT2D eigenvalue weighted by molar-refractivity contribution is 7.89. The molecule has 2 heterocycles. The Balaban J connectivity index is 1.36. The van der Waals surface area contributed by atoms with E-state index in [4.69, 9.17) is 0 Å². The van der Waals surface area contributed by atoms with Crippen molar-refractivity contribution in [2.75, 3.05) is 39.4 Å². The molecule has 0 bridgehead atoms. The normalized spacial score (nSPS) is 21.2. The molecule has 4 amide bonds. The number of rotatable bonds is 7. The number of benzene rings is 1. The average molecular weight is 489 g/mol. The highest BCUT2D eigenvalue weighted by Crippen LogP contribution is 2.23. The number of carbonyl (C=O) groups excluding carboxylic acids is 3. The first-order valence-corrected chi connectivity index (χ1v) is 13.4. The number of sulfonamides is 1. The number of nitrogens with zero attached hydrogens (tertiary/aromatic N) is 4. The molecule has 10 heteroatoms. The molecule has 2 aliphatic heterocycles. The van der Waals surface area contributed by atoms with Crippen molar-refractivity contribution in [3.63, 3.8) is 0 Å². The first kappa shape index (κ1) is 24.6. The van der Waals surface area contributed by atoms with Crippen LogP contribution >= 0.6 is 0 Å². The van der Waals surface area contributed by atoms with Gasteiger partial charge in [-0.25, -0.2) is 18.1 Å². The second kappa shape index (κ2) is 10.4. The molecule has 0 N–H and O–H groups in total. The molecule has 3 aliphatic rings. The fourth-order valence-electron chi connectivity index (χ4n) is 4.65. The van der Waals surface area contributed by atoms with Crippen LogP contribution in [-0.4, -0.2) is 84.7 Å². The number of urea groups is 1. The lowest BCUT2D eigenvalue weighted by atomic mass is 9.97. The Hall–Kier alpha value is -2.56. The number of hydrogen-bond acceptors (Lipinski definition) is 6. The van der Waals surface area contributed by atoms with Gasteiger partial charge in [-0.15, -0.1) is 0 Å². The Morgan fingerprint density at radius 3 is 2.29 bits per heavy atom. The Morgan fingerprint density at radius 1 is 0.853 bits per heavy atom. The molecule has 0 unspecified atom stereocenters. The molecule has 184 valence electrons. The predicted octanol–water partition coefficient (Wildman–Crippen LogP) is 2.33. The van der Waals surface area contributed by atoms with Gasteiger partial charge in [-0.3, -0.25) is 19.4 Å². The molecule has 0 radical (unpaired) electrons. The van der Waals surface area contributed by atoms with Crippen LogP contribution in [0.15, 0.2) is 40.8 Å². The van der Waals surface area contributed by atoms with E-state index < -0.39 is 27.9 Å². The van der Waals surface area contributed by atoms with Crippen molar-refractivity contribution in [1.29, 1.82) is 0 Å². The minimum atomic E-state index is -3.62. The Kier molecular flexibility index (Phi) is 7.49. The summed E-state index contributed by atoms with van der Waals surface area (Å²) in [5.41, 5.74) is 2.22. The molecule has 4 rings (SSSR count).